The van der Waals surface area contributed by atoms with Crippen molar-refractivity contribution in [1.29, 1.82) is 0 Å². The fourth-order valence-corrected chi connectivity index (χ4v) is 18.9. The summed E-state index contributed by atoms with van der Waals surface area (Å²) in [6.07, 6.45) is 16.4. The minimum atomic E-state index is -2.20. The van der Waals surface area contributed by atoms with Gasteiger partial charge in [0.1, 0.15) is 0 Å². The number of nitrogens with zero attached hydrogens (tertiary/aromatic N) is 2. The summed E-state index contributed by atoms with van der Waals surface area (Å²) in [5.41, 5.74) is 0. The molecular weight excluding hydrogens is 513 g/mol. The van der Waals surface area contributed by atoms with Gasteiger partial charge in [0.2, 0.25) is 0 Å². The Morgan fingerprint density at radius 1 is 0.676 bits per heavy atom. The van der Waals surface area contributed by atoms with Crippen molar-refractivity contribution >= 4 is 31.6 Å². The molecule has 0 aromatic heterocycles. The Morgan fingerprint density at radius 2 is 1.19 bits per heavy atom. The molecule has 0 spiro atoms. The molecule has 6 nitrogen and oxygen atoms in total. The van der Waals surface area contributed by atoms with E-state index in [2.05, 4.69) is 63.0 Å². The Hall–Kier alpha value is -0.0394. The van der Waals surface area contributed by atoms with Crippen molar-refractivity contribution in [1.82, 2.24) is 4.90 Å². The van der Waals surface area contributed by atoms with Gasteiger partial charge < -0.3 is 18.1 Å². The molecule has 222 valence electrons. The summed E-state index contributed by atoms with van der Waals surface area (Å²) >= 11 is 0. The number of aliphatic imine (C=N–C) groups is 1. The highest BCUT2D eigenvalue weighted by molar-refractivity contribution is 6.87. The molecule has 0 saturated heterocycles. The lowest BCUT2D eigenvalue weighted by Gasteiger charge is -2.39. The molecule has 0 aliphatic heterocycles. The maximum atomic E-state index is 9.73. The Kier molecular flexibility index (Phi) is 21.7. The first-order valence-corrected chi connectivity index (χ1v) is 24.3. The van der Waals surface area contributed by atoms with E-state index in [1.54, 1.807) is 6.40 Å². The molecule has 0 aromatic carbocycles. The third kappa shape index (κ3) is 23.6. The highest BCUT2D eigenvalue weighted by Gasteiger charge is 2.39. The monoisotopic (exact) mass is 576 g/mol. The Labute approximate surface area is 234 Å². The average molecular weight is 577 g/mol. The van der Waals surface area contributed by atoms with Crippen LogP contribution in [0.3, 0.4) is 0 Å². The van der Waals surface area contributed by atoms with E-state index in [-0.39, 0.29) is 6.73 Å². The summed E-state index contributed by atoms with van der Waals surface area (Å²) in [5.74, 6) is 0. The summed E-state index contributed by atoms with van der Waals surface area (Å²) < 4.78 is 19.0. The van der Waals surface area contributed by atoms with Crippen molar-refractivity contribution in [2.75, 3.05) is 33.0 Å². The minimum absolute atomic E-state index is 0.162. The minimum Gasteiger partial charge on any atom is -0.483 e. The maximum Gasteiger partial charge on any atom is 0.311 e. The van der Waals surface area contributed by atoms with Gasteiger partial charge in [-0.05, 0) is 77.1 Å². The zero-order valence-electron chi connectivity index (χ0n) is 26.1. The smallest absolute Gasteiger partial charge is 0.311 e. The first kappa shape index (κ1) is 37.0. The van der Waals surface area contributed by atoms with Gasteiger partial charge in [0, 0.05) is 19.6 Å². The van der Waals surface area contributed by atoms with Crippen molar-refractivity contribution in [2.24, 2.45) is 4.99 Å². The van der Waals surface area contributed by atoms with Crippen LogP contribution in [0.1, 0.15) is 90.9 Å². The summed E-state index contributed by atoms with van der Waals surface area (Å²) in [4.78, 5) is 6.62. The van der Waals surface area contributed by atoms with Crippen LogP contribution in [-0.4, -0.2) is 74.6 Å². The van der Waals surface area contributed by atoms with Crippen LogP contribution >= 0.6 is 0 Å². The molecule has 9 heteroatoms. The summed E-state index contributed by atoms with van der Waals surface area (Å²) in [5, 5.41) is 9.73. The zero-order chi connectivity index (χ0) is 28.0. The number of unbranched alkanes of at least 4 members (excludes halogenated alkanes) is 8. The van der Waals surface area contributed by atoms with Gasteiger partial charge in [0.15, 0.2) is 23.0 Å². The van der Waals surface area contributed by atoms with Gasteiger partial charge in [-0.3, -0.25) is 9.89 Å². The maximum absolute atomic E-state index is 9.73. The molecule has 0 atom stereocenters. The van der Waals surface area contributed by atoms with E-state index in [0.29, 0.717) is 0 Å². The second-order valence-corrected chi connectivity index (χ2v) is 24.8. The average Bonchev–Trinajstić information content (AvgIpc) is 2.79. The lowest BCUT2D eigenvalue weighted by molar-refractivity contribution is 0.105. The SMILES string of the molecule is CCCCCCCOC=NCCC[Si](C)(C)O[Si](C)(C)O[Si](C)(C)CCCN(CO)CCCCCCC. The first-order chi connectivity index (χ1) is 17.5. The number of hydrogen-bond donors (Lipinski definition) is 1. The van der Waals surface area contributed by atoms with Crippen LogP contribution in [0.2, 0.25) is 51.4 Å². The van der Waals surface area contributed by atoms with E-state index in [0.717, 1.165) is 57.6 Å². The Bertz CT molecular complexity index is 564. The van der Waals surface area contributed by atoms with Crippen molar-refractivity contribution in [2.45, 2.75) is 142 Å². The molecule has 0 fully saturated rings. The third-order valence-electron chi connectivity index (χ3n) is 6.66. The molecule has 1 N–H and O–H groups in total. The number of aliphatic hydroxyl groups excluding tert-OH is 1. The first-order valence-electron chi connectivity index (χ1n) is 15.3. The molecule has 0 aromatic rings. The quantitative estimate of drug-likeness (QED) is 0.0370. The van der Waals surface area contributed by atoms with E-state index in [1.165, 1.54) is 57.8 Å². The normalized spacial score (nSPS) is 13.2. The number of aliphatic hydroxyl groups is 1. The van der Waals surface area contributed by atoms with Crippen molar-refractivity contribution in [3.8, 4) is 0 Å². The molecule has 0 unspecified atom stereocenters. The molecule has 0 saturated carbocycles. The van der Waals surface area contributed by atoms with E-state index < -0.39 is 25.2 Å². The van der Waals surface area contributed by atoms with Gasteiger partial charge in [-0.2, -0.15) is 0 Å². The Morgan fingerprint density at radius 3 is 1.76 bits per heavy atom. The lowest BCUT2D eigenvalue weighted by Crippen LogP contribution is -2.52. The van der Waals surface area contributed by atoms with Crippen molar-refractivity contribution in [3.63, 3.8) is 0 Å². The van der Waals surface area contributed by atoms with Crippen LogP contribution in [-0.2, 0) is 13.0 Å². The van der Waals surface area contributed by atoms with Crippen LogP contribution in [0.25, 0.3) is 0 Å². The van der Waals surface area contributed by atoms with Crippen molar-refractivity contribution < 1.29 is 18.1 Å². The van der Waals surface area contributed by atoms with Gasteiger partial charge in [0.25, 0.3) is 0 Å². The molecule has 0 amide bonds. The molecule has 37 heavy (non-hydrogen) atoms. The van der Waals surface area contributed by atoms with Crippen LogP contribution < -0.4 is 0 Å². The van der Waals surface area contributed by atoms with Crippen LogP contribution in [0.5, 0.6) is 0 Å². The zero-order valence-corrected chi connectivity index (χ0v) is 29.1. The second kappa shape index (κ2) is 21.7. The molecule has 0 radical (unpaired) electrons. The summed E-state index contributed by atoms with van der Waals surface area (Å²) in [6.45, 7) is 21.9. The number of hydrogen-bond acceptors (Lipinski definition) is 6. The van der Waals surface area contributed by atoms with Crippen LogP contribution in [0.4, 0.5) is 0 Å². The fourth-order valence-electron chi connectivity index (χ4n) is 4.92. The van der Waals surface area contributed by atoms with Crippen LogP contribution in [0.15, 0.2) is 4.99 Å². The predicted molar refractivity (Wildman–Crippen MR) is 169 cm³/mol. The van der Waals surface area contributed by atoms with E-state index in [4.69, 9.17) is 13.0 Å². The third-order valence-corrected chi connectivity index (χ3v) is 18.1. The summed E-state index contributed by atoms with van der Waals surface area (Å²) in [6, 6.07) is 2.20. The summed E-state index contributed by atoms with van der Waals surface area (Å²) in [7, 11) is -5.83. The molecule has 0 bridgehead atoms. The second-order valence-electron chi connectivity index (χ2n) is 12.3. The molecule has 0 heterocycles. The van der Waals surface area contributed by atoms with Gasteiger partial charge in [-0.25, -0.2) is 0 Å². The highest BCUT2D eigenvalue weighted by Crippen LogP contribution is 2.26. The van der Waals surface area contributed by atoms with E-state index >= 15 is 0 Å². The molecular formula is C28H64N2O4Si3. The number of rotatable bonds is 26. The topological polar surface area (TPSA) is 63.5 Å². The fraction of sp³-hybridized carbons (Fsp3) is 0.964. The number of ether oxygens (including phenoxy) is 1. The van der Waals surface area contributed by atoms with Gasteiger partial charge in [0.05, 0.1) is 13.3 Å². The van der Waals surface area contributed by atoms with Gasteiger partial charge in [-0.15, -0.1) is 0 Å². The van der Waals surface area contributed by atoms with Crippen molar-refractivity contribution in [3.05, 3.63) is 0 Å². The molecule has 0 aliphatic carbocycles. The predicted octanol–water partition coefficient (Wildman–Crippen LogP) is 8.15. The molecule has 0 aliphatic rings. The Balaban J connectivity index is 4.23. The molecule has 0 rings (SSSR count). The van der Waals surface area contributed by atoms with E-state index in [1.807, 2.05) is 0 Å². The van der Waals surface area contributed by atoms with Crippen LogP contribution in [0, 0.1) is 0 Å². The van der Waals surface area contributed by atoms with Gasteiger partial charge >= 0.3 is 8.56 Å². The standard InChI is InChI=1S/C28H64N2O4Si3/c1-9-11-13-15-17-22-30(28-31)23-20-26-36(5,6)34-37(7,8)33-35(3,4)25-19-21-29-27-32-24-18-16-14-12-10-2/h27,31H,9-26,28H2,1-8H3. The highest BCUT2D eigenvalue weighted by atomic mass is 28.5. The lowest BCUT2D eigenvalue weighted by atomic mass is 10.1. The van der Waals surface area contributed by atoms with Gasteiger partial charge in [-0.1, -0.05) is 65.2 Å². The van der Waals surface area contributed by atoms with E-state index in [9.17, 15) is 5.11 Å². The largest absolute Gasteiger partial charge is 0.483 e.